The van der Waals surface area contributed by atoms with Crippen LogP contribution in [0.15, 0.2) is 16.7 Å². The zero-order chi connectivity index (χ0) is 6.69. The Balaban J connectivity index is 2.85. The Morgan fingerprint density at radius 3 is 2.89 bits per heavy atom. The van der Waals surface area contributed by atoms with Crippen LogP contribution in [0.2, 0.25) is 0 Å². The molecule has 0 radical (unpaired) electrons. The molecular formula is C7H9ClO. The number of alkyl halides is 1. The fraction of sp³-hybridized carbons (Fsp3) is 0.429. The van der Waals surface area contributed by atoms with Crippen LogP contribution in [0, 0.1) is 0 Å². The highest BCUT2D eigenvalue weighted by Crippen LogP contribution is 2.12. The Morgan fingerprint density at radius 2 is 2.44 bits per heavy atom. The van der Waals surface area contributed by atoms with Crippen molar-refractivity contribution in [3.8, 4) is 0 Å². The van der Waals surface area contributed by atoms with Crippen molar-refractivity contribution in [2.75, 3.05) is 0 Å². The van der Waals surface area contributed by atoms with Crippen LogP contribution in [0.4, 0.5) is 0 Å². The molecular weight excluding hydrogens is 136 g/mol. The lowest BCUT2D eigenvalue weighted by molar-refractivity contribution is 0.513. The van der Waals surface area contributed by atoms with Crippen molar-refractivity contribution >= 4 is 11.6 Å². The number of hydrogen-bond acceptors (Lipinski definition) is 1. The van der Waals surface area contributed by atoms with Gasteiger partial charge in [-0.15, -0.1) is 11.6 Å². The minimum Gasteiger partial charge on any atom is -0.469 e. The molecule has 1 heterocycles. The van der Waals surface area contributed by atoms with Crippen LogP contribution in [0.5, 0.6) is 0 Å². The van der Waals surface area contributed by atoms with Gasteiger partial charge in [0.05, 0.1) is 12.1 Å². The molecule has 0 aliphatic carbocycles. The normalized spacial score (nSPS) is 10.0. The molecule has 1 nitrogen and oxygen atoms in total. The maximum atomic E-state index is 5.59. The van der Waals surface area contributed by atoms with Crippen molar-refractivity contribution in [2.24, 2.45) is 0 Å². The molecule has 0 bridgehead atoms. The Bertz CT molecular complexity index is 162. The van der Waals surface area contributed by atoms with Gasteiger partial charge in [0.25, 0.3) is 0 Å². The summed E-state index contributed by atoms with van der Waals surface area (Å²) in [5, 5.41) is 0. The summed E-state index contributed by atoms with van der Waals surface area (Å²) < 4.78 is 5.12. The van der Waals surface area contributed by atoms with E-state index in [1.165, 1.54) is 0 Å². The maximum Gasteiger partial charge on any atom is 0.107 e. The quantitative estimate of drug-likeness (QED) is 0.582. The lowest BCUT2D eigenvalue weighted by Gasteiger charge is -1.90. The standard InChI is InChI=1S/C7H9ClO/c1-2-7-6(5-8)3-4-9-7/h3-4H,2,5H2,1H3. The van der Waals surface area contributed by atoms with E-state index in [1.807, 2.05) is 6.07 Å². The molecule has 50 valence electrons. The predicted molar refractivity (Wildman–Crippen MR) is 37.6 cm³/mol. The van der Waals surface area contributed by atoms with E-state index in [2.05, 4.69) is 6.92 Å². The number of halogens is 1. The molecule has 0 aliphatic heterocycles. The van der Waals surface area contributed by atoms with E-state index in [9.17, 15) is 0 Å². The third kappa shape index (κ3) is 1.28. The Labute approximate surface area is 59.6 Å². The zero-order valence-corrected chi connectivity index (χ0v) is 6.11. The molecule has 0 N–H and O–H groups in total. The van der Waals surface area contributed by atoms with Gasteiger partial charge in [-0.2, -0.15) is 0 Å². The van der Waals surface area contributed by atoms with Crippen molar-refractivity contribution in [1.29, 1.82) is 0 Å². The van der Waals surface area contributed by atoms with E-state index >= 15 is 0 Å². The van der Waals surface area contributed by atoms with E-state index in [0.717, 1.165) is 17.7 Å². The molecule has 1 aromatic rings. The van der Waals surface area contributed by atoms with E-state index < -0.39 is 0 Å². The number of rotatable bonds is 2. The molecule has 1 rings (SSSR count). The second-order valence-electron chi connectivity index (χ2n) is 1.86. The van der Waals surface area contributed by atoms with Crippen LogP contribution in [0.1, 0.15) is 18.2 Å². The first-order chi connectivity index (χ1) is 4.38. The van der Waals surface area contributed by atoms with Gasteiger partial charge in [-0.25, -0.2) is 0 Å². The highest BCUT2D eigenvalue weighted by atomic mass is 35.5. The van der Waals surface area contributed by atoms with Gasteiger partial charge in [-0.3, -0.25) is 0 Å². The maximum absolute atomic E-state index is 5.59. The first kappa shape index (κ1) is 6.69. The molecule has 0 aliphatic rings. The van der Waals surface area contributed by atoms with Crippen molar-refractivity contribution < 1.29 is 4.42 Å². The van der Waals surface area contributed by atoms with Crippen LogP contribution < -0.4 is 0 Å². The molecule has 0 saturated heterocycles. The molecule has 0 aromatic carbocycles. The average molecular weight is 145 g/mol. The smallest absolute Gasteiger partial charge is 0.107 e. The lowest BCUT2D eigenvalue weighted by Crippen LogP contribution is -1.80. The fourth-order valence-corrected chi connectivity index (χ4v) is 1.03. The summed E-state index contributed by atoms with van der Waals surface area (Å²) in [5.41, 5.74) is 1.11. The van der Waals surface area contributed by atoms with Crippen molar-refractivity contribution in [3.05, 3.63) is 23.7 Å². The van der Waals surface area contributed by atoms with Gasteiger partial charge < -0.3 is 4.42 Å². The van der Waals surface area contributed by atoms with Crippen molar-refractivity contribution in [2.45, 2.75) is 19.2 Å². The number of aryl methyl sites for hydroxylation is 1. The van der Waals surface area contributed by atoms with Gasteiger partial charge in [-0.1, -0.05) is 6.92 Å². The molecule has 2 heteroatoms. The van der Waals surface area contributed by atoms with Crippen molar-refractivity contribution in [3.63, 3.8) is 0 Å². The van der Waals surface area contributed by atoms with Crippen LogP contribution >= 0.6 is 11.6 Å². The van der Waals surface area contributed by atoms with Gasteiger partial charge in [0.1, 0.15) is 5.76 Å². The second-order valence-corrected chi connectivity index (χ2v) is 2.12. The van der Waals surface area contributed by atoms with E-state index in [4.69, 9.17) is 16.0 Å². The first-order valence-electron chi connectivity index (χ1n) is 2.99. The van der Waals surface area contributed by atoms with Crippen LogP contribution in [-0.4, -0.2) is 0 Å². The number of furan rings is 1. The highest BCUT2D eigenvalue weighted by Gasteiger charge is 2.00. The van der Waals surface area contributed by atoms with Gasteiger partial charge in [0.15, 0.2) is 0 Å². The summed E-state index contributed by atoms with van der Waals surface area (Å²) in [5.74, 6) is 1.56. The van der Waals surface area contributed by atoms with E-state index in [1.54, 1.807) is 6.26 Å². The Kier molecular flexibility index (Phi) is 2.17. The minimum atomic E-state index is 0.555. The second kappa shape index (κ2) is 2.92. The van der Waals surface area contributed by atoms with Gasteiger partial charge in [0.2, 0.25) is 0 Å². The van der Waals surface area contributed by atoms with Crippen LogP contribution in [0.3, 0.4) is 0 Å². The van der Waals surface area contributed by atoms with Crippen LogP contribution in [-0.2, 0) is 12.3 Å². The summed E-state index contributed by atoms with van der Waals surface area (Å²) in [6.45, 7) is 2.05. The first-order valence-corrected chi connectivity index (χ1v) is 3.53. The predicted octanol–water partition coefficient (Wildman–Crippen LogP) is 2.58. The van der Waals surface area contributed by atoms with Gasteiger partial charge in [-0.05, 0) is 6.07 Å². The monoisotopic (exact) mass is 144 g/mol. The van der Waals surface area contributed by atoms with Gasteiger partial charge >= 0.3 is 0 Å². The Morgan fingerprint density at radius 1 is 1.67 bits per heavy atom. The molecule has 0 amide bonds. The van der Waals surface area contributed by atoms with E-state index in [0.29, 0.717) is 5.88 Å². The summed E-state index contributed by atoms with van der Waals surface area (Å²) in [7, 11) is 0. The third-order valence-corrected chi connectivity index (χ3v) is 1.59. The molecule has 0 unspecified atom stereocenters. The lowest BCUT2D eigenvalue weighted by atomic mass is 10.2. The van der Waals surface area contributed by atoms with E-state index in [-0.39, 0.29) is 0 Å². The Hall–Kier alpha value is -0.430. The SMILES string of the molecule is CCc1occc1CCl. The summed E-state index contributed by atoms with van der Waals surface area (Å²) in [6, 6.07) is 1.91. The number of hydrogen-bond donors (Lipinski definition) is 0. The third-order valence-electron chi connectivity index (χ3n) is 1.30. The zero-order valence-electron chi connectivity index (χ0n) is 5.36. The fourth-order valence-electron chi connectivity index (χ4n) is 0.796. The van der Waals surface area contributed by atoms with Crippen LogP contribution in [0.25, 0.3) is 0 Å². The van der Waals surface area contributed by atoms with Gasteiger partial charge in [0, 0.05) is 12.0 Å². The summed E-state index contributed by atoms with van der Waals surface area (Å²) in [4.78, 5) is 0. The molecule has 0 spiro atoms. The molecule has 0 saturated carbocycles. The largest absolute Gasteiger partial charge is 0.469 e. The molecule has 0 fully saturated rings. The molecule has 1 aromatic heterocycles. The minimum absolute atomic E-state index is 0.555. The summed E-state index contributed by atoms with van der Waals surface area (Å²) >= 11 is 5.59. The van der Waals surface area contributed by atoms with Crippen molar-refractivity contribution in [1.82, 2.24) is 0 Å². The average Bonchev–Trinajstić information content (AvgIpc) is 2.33. The molecule has 9 heavy (non-hydrogen) atoms. The molecule has 0 atom stereocenters. The summed E-state index contributed by atoms with van der Waals surface area (Å²) in [6.07, 6.45) is 2.60. The highest BCUT2D eigenvalue weighted by molar-refractivity contribution is 6.17. The topological polar surface area (TPSA) is 13.1 Å².